The number of halogens is 2. The highest BCUT2D eigenvalue weighted by molar-refractivity contribution is 5.97. The van der Waals surface area contributed by atoms with Crippen LogP contribution in [0.25, 0.3) is 10.9 Å². The van der Waals surface area contributed by atoms with E-state index >= 15 is 0 Å². The number of para-hydroxylation sites is 1. The van der Waals surface area contributed by atoms with Crippen LogP contribution in [0.1, 0.15) is 15.9 Å². The zero-order valence-electron chi connectivity index (χ0n) is 12.9. The van der Waals surface area contributed by atoms with Gasteiger partial charge in [-0.15, -0.1) is 0 Å². The Hall–Kier alpha value is -3.22. The number of carboxylic acids is 1. The number of aromatic nitrogens is 1. The number of nitrogens with one attached hydrogen (secondary N) is 2. The van der Waals surface area contributed by atoms with E-state index in [-0.39, 0.29) is 6.42 Å². The molecule has 0 bridgehead atoms. The molecule has 1 heterocycles. The maximum atomic E-state index is 13.7. The van der Waals surface area contributed by atoms with Gasteiger partial charge < -0.3 is 15.4 Å². The number of carbonyl (C=O) groups is 2. The molecule has 3 N–H and O–H groups in total. The van der Waals surface area contributed by atoms with Crippen molar-refractivity contribution in [3.63, 3.8) is 0 Å². The first-order chi connectivity index (χ1) is 12.0. The van der Waals surface area contributed by atoms with Gasteiger partial charge in [0.15, 0.2) is 0 Å². The molecule has 0 radical (unpaired) electrons. The van der Waals surface area contributed by atoms with Crippen molar-refractivity contribution < 1.29 is 23.5 Å². The molecule has 5 nitrogen and oxygen atoms in total. The topological polar surface area (TPSA) is 82.2 Å². The summed E-state index contributed by atoms with van der Waals surface area (Å²) in [6, 6.07) is 8.58. The van der Waals surface area contributed by atoms with Gasteiger partial charge in [-0.1, -0.05) is 18.2 Å². The molecule has 0 fully saturated rings. The molecular weight excluding hydrogens is 330 g/mol. The van der Waals surface area contributed by atoms with Gasteiger partial charge in [0.05, 0.1) is 5.56 Å². The van der Waals surface area contributed by atoms with Gasteiger partial charge in [0.2, 0.25) is 0 Å². The molecule has 25 heavy (non-hydrogen) atoms. The fraction of sp³-hybridized carbons (Fsp3) is 0.111. The quantitative estimate of drug-likeness (QED) is 0.666. The lowest BCUT2D eigenvalue weighted by atomic mass is 10.0. The van der Waals surface area contributed by atoms with Crippen molar-refractivity contribution in [1.82, 2.24) is 10.3 Å². The molecule has 128 valence electrons. The highest BCUT2D eigenvalue weighted by atomic mass is 19.1. The van der Waals surface area contributed by atoms with E-state index in [9.17, 15) is 23.5 Å². The van der Waals surface area contributed by atoms with E-state index in [1.54, 1.807) is 6.20 Å². The Labute approximate surface area is 141 Å². The molecule has 1 amide bonds. The van der Waals surface area contributed by atoms with Crippen molar-refractivity contribution in [2.75, 3.05) is 0 Å². The Kier molecular flexibility index (Phi) is 4.47. The normalized spacial score (nSPS) is 12.1. The number of aliphatic carboxylic acids is 1. The Morgan fingerprint density at radius 3 is 2.64 bits per heavy atom. The van der Waals surface area contributed by atoms with Crippen LogP contribution in [0.3, 0.4) is 0 Å². The van der Waals surface area contributed by atoms with Gasteiger partial charge in [0, 0.05) is 29.6 Å². The fourth-order valence-electron chi connectivity index (χ4n) is 2.63. The Bertz CT molecular complexity index is 952. The van der Waals surface area contributed by atoms with Gasteiger partial charge in [-0.25, -0.2) is 13.6 Å². The zero-order chi connectivity index (χ0) is 18.0. The van der Waals surface area contributed by atoms with E-state index in [0.29, 0.717) is 11.6 Å². The third kappa shape index (κ3) is 3.50. The summed E-state index contributed by atoms with van der Waals surface area (Å²) in [5, 5.41) is 12.5. The van der Waals surface area contributed by atoms with Crippen LogP contribution in [0.15, 0.2) is 48.7 Å². The van der Waals surface area contributed by atoms with Crippen molar-refractivity contribution in [3.05, 3.63) is 71.4 Å². The van der Waals surface area contributed by atoms with Crippen molar-refractivity contribution >= 4 is 22.8 Å². The zero-order valence-corrected chi connectivity index (χ0v) is 12.9. The molecule has 7 heteroatoms. The standard InChI is InChI=1S/C18H14F2N2O3/c19-11-5-6-13(14(20)8-11)17(23)22-16(18(24)25)7-10-9-21-15-4-2-1-3-12(10)15/h1-6,8-9,16,21H,7H2,(H,22,23)(H,24,25)/t16-/m0/s1. The second kappa shape index (κ2) is 6.72. The molecule has 3 rings (SSSR count). The minimum atomic E-state index is -1.25. The Balaban J connectivity index is 1.82. The summed E-state index contributed by atoms with van der Waals surface area (Å²) >= 11 is 0. The molecule has 3 aromatic rings. The highest BCUT2D eigenvalue weighted by Gasteiger charge is 2.24. The molecule has 1 aromatic heterocycles. The lowest BCUT2D eigenvalue weighted by Gasteiger charge is -2.14. The van der Waals surface area contributed by atoms with Crippen LogP contribution in [0, 0.1) is 11.6 Å². The van der Waals surface area contributed by atoms with Gasteiger partial charge in [-0.05, 0) is 23.8 Å². The van der Waals surface area contributed by atoms with E-state index in [0.717, 1.165) is 23.0 Å². The van der Waals surface area contributed by atoms with Gasteiger partial charge in [-0.3, -0.25) is 4.79 Å². The summed E-state index contributed by atoms with van der Waals surface area (Å²) in [6.07, 6.45) is 1.69. The largest absolute Gasteiger partial charge is 0.480 e. The Morgan fingerprint density at radius 1 is 1.16 bits per heavy atom. The van der Waals surface area contributed by atoms with Crippen LogP contribution in [0.2, 0.25) is 0 Å². The third-order valence-corrected chi connectivity index (χ3v) is 3.88. The van der Waals surface area contributed by atoms with Gasteiger partial charge in [0.25, 0.3) is 5.91 Å². The minimum absolute atomic E-state index is 0.0217. The molecule has 0 aliphatic rings. The molecule has 0 aliphatic heterocycles. The van der Waals surface area contributed by atoms with Crippen LogP contribution in [0.5, 0.6) is 0 Å². The monoisotopic (exact) mass is 344 g/mol. The lowest BCUT2D eigenvalue weighted by Crippen LogP contribution is -2.42. The number of benzene rings is 2. The van der Waals surface area contributed by atoms with Crippen molar-refractivity contribution in [2.45, 2.75) is 12.5 Å². The Morgan fingerprint density at radius 2 is 1.92 bits per heavy atom. The highest BCUT2D eigenvalue weighted by Crippen LogP contribution is 2.19. The number of amides is 1. The van der Waals surface area contributed by atoms with Crippen LogP contribution >= 0.6 is 0 Å². The summed E-state index contributed by atoms with van der Waals surface area (Å²) < 4.78 is 26.6. The molecular formula is C18H14F2N2O3. The average Bonchev–Trinajstić information content (AvgIpc) is 2.97. The molecule has 0 spiro atoms. The smallest absolute Gasteiger partial charge is 0.326 e. The molecule has 0 saturated carbocycles. The summed E-state index contributed by atoms with van der Waals surface area (Å²) in [6.45, 7) is 0. The van der Waals surface area contributed by atoms with Crippen molar-refractivity contribution in [3.8, 4) is 0 Å². The third-order valence-electron chi connectivity index (χ3n) is 3.88. The van der Waals surface area contributed by atoms with Crippen molar-refractivity contribution in [2.24, 2.45) is 0 Å². The number of hydrogen-bond donors (Lipinski definition) is 3. The van der Waals surface area contributed by atoms with Crippen molar-refractivity contribution in [1.29, 1.82) is 0 Å². The summed E-state index contributed by atoms with van der Waals surface area (Å²) in [5.74, 6) is -4.03. The van der Waals surface area contributed by atoms with E-state index in [1.807, 2.05) is 24.3 Å². The number of aromatic amines is 1. The van der Waals surface area contributed by atoms with Crippen LogP contribution in [-0.4, -0.2) is 28.0 Å². The lowest BCUT2D eigenvalue weighted by molar-refractivity contribution is -0.139. The van der Waals surface area contributed by atoms with E-state index in [1.165, 1.54) is 0 Å². The number of hydrogen-bond acceptors (Lipinski definition) is 2. The maximum Gasteiger partial charge on any atom is 0.326 e. The summed E-state index contributed by atoms with van der Waals surface area (Å²) in [4.78, 5) is 26.7. The molecule has 0 saturated heterocycles. The fourth-order valence-corrected chi connectivity index (χ4v) is 2.63. The van der Waals surface area contributed by atoms with E-state index in [4.69, 9.17) is 0 Å². The number of fused-ring (bicyclic) bond motifs is 1. The SMILES string of the molecule is O=C(N[C@@H](Cc1c[nH]c2ccccc12)C(=O)O)c1ccc(F)cc1F. The molecule has 2 aromatic carbocycles. The number of carboxylic acid groups (broad SMARTS) is 1. The average molecular weight is 344 g/mol. The first-order valence-corrected chi connectivity index (χ1v) is 7.49. The van der Waals surface area contributed by atoms with E-state index in [2.05, 4.69) is 10.3 Å². The van der Waals surface area contributed by atoms with Gasteiger partial charge in [0.1, 0.15) is 17.7 Å². The second-order valence-corrected chi connectivity index (χ2v) is 5.55. The van der Waals surface area contributed by atoms with Crippen LogP contribution in [0.4, 0.5) is 8.78 Å². The van der Waals surface area contributed by atoms with Gasteiger partial charge >= 0.3 is 5.97 Å². The number of carbonyl (C=O) groups excluding carboxylic acids is 1. The molecule has 0 unspecified atom stereocenters. The van der Waals surface area contributed by atoms with E-state index < -0.39 is 35.1 Å². The second-order valence-electron chi connectivity index (χ2n) is 5.55. The number of rotatable bonds is 5. The summed E-state index contributed by atoms with van der Waals surface area (Å²) in [7, 11) is 0. The van der Waals surface area contributed by atoms with Crippen LogP contribution in [-0.2, 0) is 11.2 Å². The predicted octanol–water partition coefficient (Wildman–Crippen LogP) is 2.87. The van der Waals surface area contributed by atoms with Gasteiger partial charge in [-0.2, -0.15) is 0 Å². The maximum absolute atomic E-state index is 13.7. The molecule has 1 atom stereocenters. The first kappa shape index (κ1) is 16.6. The predicted molar refractivity (Wildman–Crippen MR) is 87.3 cm³/mol. The first-order valence-electron chi connectivity index (χ1n) is 7.49. The van der Waals surface area contributed by atoms with Crippen LogP contribution < -0.4 is 5.32 Å². The molecule has 0 aliphatic carbocycles. The summed E-state index contributed by atoms with van der Waals surface area (Å²) in [5.41, 5.74) is 1.15. The minimum Gasteiger partial charge on any atom is -0.480 e. The number of H-pyrrole nitrogens is 1.